The van der Waals surface area contributed by atoms with Gasteiger partial charge in [0.1, 0.15) is 0 Å². The smallest absolute Gasteiger partial charge is 0.240 e. The standard InChI is InChI=1S/C31H31N3O6S2/c1-22-15-17-24(18-16-22)42(38,39)32-25-19-33(41(36,37)21-23-9-3-2-4-10-23)20-28(31(25)35)34-26-11-5-7-13-29(26)40-30-14-8-6-12-27(30)34/h2-18,25,28,31-32,35H,19-21H2,1H3/t25-,28+,31+/m1/s1. The molecule has 218 valence electrons. The molecular formula is C31H31N3O6S2. The number of anilines is 2. The van der Waals surface area contributed by atoms with Gasteiger partial charge in [0, 0.05) is 13.1 Å². The van der Waals surface area contributed by atoms with E-state index in [2.05, 4.69) is 4.72 Å². The van der Waals surface area contributed by atoms with Crippen LogP contribution in [-0.2, 0) is 25.8 Å². The summed E-state index contributed by atoms with van der Waals surface area (Å²) in [6, 6.07) is 27.8. The summed E-state index contributed by atoms with van der Waals surface area (Å²) < 4.78 is 64.6. The largest absolute Gasteiger partial charge is 0.453 e. The number of aliphatic hydroxyl groups is 1. The molecular weight excluding hydrogens is 574 g/mol. The topological polar surface area (TPSA) is 116 Å². The Hall–Kier alpha value is -3.74. The number of hydrogen-bond acceptors (Lipinski definition) is 7. The van der Waals surface area contributed by atoms with Crippen LogP contribution in [0.5, 0.6) is 11.5 Å². The van der Waals surface area contributed by atoms with Crippen molar-refractivity contribution in [2.45, 2.75) is 35.8 Å². The molecule has 4 aromatic carbocycles. The van der Waals surface area contributed by atoms with Gasteiger partial charge in [0.2, 0.25) is 20.0 Å². The fourth-order valence-corrected chi connectivity index (χ4v) is 8.31. The van der Waals surface area contributed by atoms with Crippen molar-refractivity contribution in [1.82, 2.24) is 9.03 Å². The van der Waals surface area contributed by atoms with Crippen LogP contribution in [0.2, 0.25) is 0 Å². The summed E-state index contributed by atoms with van der Waals surface area (Å²) in [7, 11) is -8.00. The summed E-state index contributed by atoms with van der Waals surface area (Å²) >= 11 is 0. The predicted octanol–water partition coefficient (Wildman–Crippen LogP) is 4.16. The van der Waals surface area contributed by atoms with Gasteiger partial charge in [-0.05, 0) is 48.9 Å². The number of nitrogens with zero attached hydrogens (tertiary/aromatic N) is 2. The highest BCUT2D eigenvalue weighted by atomic mass is 32.2. The van der Waals surface area contributed by atoms with Crippen molar-refractivity contribution in [3.8, 4) is 11.5 Å². The van der Waals surface area contributed by atoms with Crippen LogP contribution < -0.4 is 14.4 Å². The Balaban J connectivity index is 1.42. The van der Waals surface area contributed by atoms with Crippen molar-refractivity contribution >= 4 is 31.4 Å². The Bertz CT molecular complexity index is 1750. The van der Waals surface area contributed by atoms with Gasteiger partial charge < -0.3 is 14.7 Å². The molecule has 2 aliphatic rings. The lowest BCUT2D eigenvalue weighted by Crippen LogP contribution is -2.66. The van der Waals surface area contributed by atoms with E-state index < -0.39 is 38.2 Å². The van der Waals surface area contributed by atoms with Gasteiger partial charge in [0.05, 0.1) is 40.2 Å². The van der Waals surface area contributed by atoms with Gasteiger partial charge in [-0.3, -0.25) is 0 Å². The minimum absolute atomic E-state index is 0.0307. The van der Waals surface area contributed by atoms with Crippen molar-refractivity contribution in [2.24, 2.45) is 0 Å². The van der Waals surface area contributed by atoms with E-state index in [9.17, 15) is 21.9 Å². The number of nitrogens with one attached hydrogen (secondary N) is 1. The quantitative estimate of drug-likeness (QED) is 0.325. The van der Waals surface area contributed by atoms with Gasteiger partial charge in [0.25, 0.3) is 0 Å². The van der Waals surface area contributed by atoms with E-state index in [-0.39, 0.29) is 23.7 Å². The maximum Gasteiger partial charge on any atom is 0.240 e. The summed E-state index contributed by atoms with van der Waals surface area (Å²) in [4.78, 5) is 1.89. The molecule has 11 heteroatoms. The lowest BCUT2D eigenvalue weighted by Gasteiger charge is -2.47. The summed E-state index contributed by atoms with van der Waals surface area (Å²) in [6.45, 7) is 1.56. The van der Waals surface area contributed by atoms with Crippen molar-refractivity contribution in [2.75, 3.05) is 18.0 Å². The predicted molar refractivity (Wildman–Crippen MR) is 161 cm³/mol. The molecule has 0 saturated carbocycles. The van der Waals surface area contributed by atoms with Crippen LogP contribution in [0.15, 0.2) is 108 Å². The lowest BCUT2D eigenvalue weighted by atomic mass is 9.96. The van der Waals surface area contributed by atoms with Crippen LogP contribution in [0.4, 0.5) is 11.4 Å². The van der Waals surface area contributed by atoms with E-state index in [1.807, 2.05) is 54.3 Å². The van der Waals surface area contributed by atoms with Crippen LogP contribution >= 0.6 is 0 Å². The third-order valence-corrected chi connectivity index (χ3v) is 10.9. The van der Waals surface area contributed by atoms with E-state index >= 15 is 0 Å². The molecule has 9 nitrogen and oxygen atoms in total. The maximum atomic E-state index is 13.8. The minimum Gasteiger partial charge on any atom is -0.453 e. The van der Waals surface area contributed by atoms with Gasteiger partial charge >= 0.3 is 0 Å². The Kier molecular flexibility index (Phi) is 7.54. The average molecular weight is 606 g/mol. The minimum atomic E-state index is -4.09. The molecule has 2 heterocycles. The Morgan fingerprint density at radius 1 is 0.786 bits per heavy atom. The van der Waals surface area contributed by atoms with E-state index in [1.54, 1.807) is 48.5 Å². The van der Waals surface area contributed by atoms with Gasteiger partial charge in [-0.25, -0.2) is 21.6 Å². The number of rotatable bonds is 7. The highest BCUT2D eigenvalue weighted by Crippen LogP contribution is 2.48. The van der Waals surface area contributed by atoms with Crippen LogP contribution in [0, 0.1) is 6.92 Å². The lowest BCUT2D eigenvalue weighted by molar-refractivity contribution is 0.0645. The number of piperidine rings is 1. The van der Waals surface area contributed by atoms with Gasteiger partial charge in [-0.1, -0.05) is 72.3 Å². The summed E-state index contributed by atoms with van der Waals surface area (Å²) in [6.07, 6.45) is -1.27. The molecule has 42 heavy (non-hydrogen) atoms. The number of fused-ring (bicyclic) bond motifs is 2. The molecule has 1 saturated heterocycles. The molecule has 2 N–H and O–H groups in total. The zero-order chi connectivity index (χ0) is 29.5. The second kappa shape index (κ2) is 11.2. The number of aryl methyl sites for hydroxylation is 1. The number of aliphatic hydroxyl groups excluding tert-OH is 1. The highest BCUT2D eigenvalue weighted by molar-refractivity contribution is 7.89. The SMILES string of the molecule is Cc1ccc(S(=O)(=O)N[C@@H]2CN(S(=O)(=O)Cc3ccccc3)C[C@H](N3c4ccccc4Oc4ccccc43)[C@H]2O)cc1. The number of ether oxygens (including phenoxy) is 1. The Morgan fingerprint density at radius 2 is 1.36 bits per heavy atom. The van der Waals surface area contributed by atoms with Gasteiger partial charge in [0.15, 0.2) is 11.5 Å². The number of benzene rings is 4. The third-order valence-electron chi connectivity index (χ3n) is 7.62. The summed E-state index contributed by atoms with van der Waals surface area (Å²) in [5.74, 6) is 0.832. The van der Waals surface area contributed by atoms with Crippen molar-refractivity contribution in [3.05, 3.63) is 114 Å². The third kappa shape index (κ3) is 5.53. The van der Waals surface area contributed by atoms with Crippen molar-refractivity contribution in [1.29, 1.82) is 0 Å². The summed E-state index contributed by atoms with van der Waals surface area (Å²) in [5.41, 5.74) is 2.79. The van der Waals surface area contributed by atoms with Crippen molar-refractivity contribution in [3.63, 3.8) is 0 Å². The molecule has 0 radical (unpaired) electrons. The van der Waals surface area contributed by atoms with Crippen LogP contribution in [0.1, 0.15) is 11.1 Å². The maximum absolute atomic E-state index is 13.8. The van der Waals surface area contributed by atoms with E-state index in [4.69, 9.17) is 4.74 Å². The van der Waals surface area contributed by atoms with Crippen molar-refractivity contribution < 1.29 is 26.7 Å². The normalized spacial score (nSPS) is 20.8. The van der Waals surface area contributed by atoms with Gasteiger partial charge in [-0.15, -0.1) is 0 Å². The molecule has 0 bridgehead atoms. The first-order valence-electron chi connectivity index (χ1n) is 13.6. The fourth-order valence-electron chi connectivity index (χ4n) is 5.51. The molecule has 0 amide bonds. The van der Waals surface area contributed by atoms with Crippen LogP contribution in [-0.4, -0.2) is 57.5 Å². The second-order valence-corrected chi connectivity index (χ2v) is 14.2. The molecule has 1 fully saturated rings. The average Bonchev–Trinajstić information content (AvgIpc) is 2.97. The number of hydrogen-bond donors (Lipinski definition) is 2. The van der Waals surface area contributed by atoms with E-state index in [0.717, 1.165) is 5.56 Å². The first-order valence-corrected chi connectivity index (χ1v) is 16.7. The van der Waals surface area contributed by atoms with E-state index in [1.165, 1.54) is 16.4 Å². The van der Waals surface area contributed by atoms with Gasteiger partial charge in [-0.2, -0.15) is 4.31 Å². The highest BCUT2D eigenvalue weighted by Gasteiger charge is 2.46. The molecule has 0 unspecified atom stereocenters. The zero-order valence-electron chi connectivity index (χ0n) is 22.9. The summed E-state index contributed by atoms with van der Waals surface area (Å²) in [5, 5.41) is 11.8. The fraction of sp³-hybridized carbons (Fsp3) is 0.226. The molecule has 0 spiro atoms. The molecule has 6 rings (SSSR count). The number of para-hydroxylation sites is 4. The monoisotopic (exact) mass is 605 g/mol. The molecule has 2 aliphatic heterocycles. The van der Waals surface area contributed by atoms with E-state index in [0.29, 0.717) is 28.4 Å². The molecule has 0 aliphatic carbocycles. The number of sulfonamides is 2. The molecule has 0 aromatic heterocycles. The first-order chi connectivity index (χ1) is 20.1. The molecule has 4 aromatic rings. The second-order valence-electron chi connectivity index (χ2n) is 10.6. The first kappa shape index (κ1) is 28.4. The van der Waals surface area contributed by atoms with Crippen LogP contribution in [0.3, 0.4) is 0 Å². The Morgan fingerprint density at radius 3 is 1.98 bits per heavy atom. The molecule has 3 atom stereocenters. The zero-order valence-corrected chi connectivity index (χ0v) is 24.5. The van der Waals surface area contributed by atoms with Crippen LogP contribution in [0.25, 0.3) is 0 Å². The Labute approximate surface area is 246 Å².